The highest BCUT2D eigenvalue weighted by Crippen LogP contribution is 2.33. The molecule has 2 N–H and O–H groups in total. The number of likely N-dealkylation sites (tertiary alicyclic amines) is 2. The number of amides is 2. The van der Waals surface area contributed by atoms with Crippen LogP contribution >= 0.6 is 0 Å². The number of urea groups is 1. The smallest absolute Gasteiger partial charge is 0.320 e. The summed E-state index contributed by atoms with van der Waals surface area (Å²) in [6.45, 7) is 4.61. The third kappa shape index (κ3) is 4.37. The number of carbonyl (C=O) groups excluding carboxylic acids is 1. The van der Waals surface area contributed by atoms with Crippen LogP contribution < -0.4 is 5.32 Å². The van der Waals surface area contributed by atoms with Gasteiger partial charge in [0.05, 0.1) is 12.7 Å². The number of ether oxygens (including phenoxy) is 1. The number of aliphatic hydroxyl groups is 1. The van der Waals surface area contributed by atoms with E-state index in [9.17, 15) is 9.90 Å². The maximum atomic E-state index is 12.6. The van der Waals surface area contributed by atoms with Crippen LogP contribution in [0.25, 0.3) is 0 Å². The maximum Gasteiger partial charge on any atom is 0.320 e. The van der Waals surface area contributed by atoms with Crippen LogP contribution in [-0.4, -0.2) is 79.5 Å². The summed E-state index contributed by atoms with van der Waals surface area (Å²) in [6.07, 6.45) is 5.93. The fraction of sp³-hybridized carbons (Fsp3) is 0.941. The number of hydrogen-bond donors (Lipinski definition) is 2. The summed E-state index contributed by atoms with van der Waals surface area (Å²) in [7, 11) is 1.77. The summed E-state index contributed by atoms with van der Waals surface area (Å²) in [6, 6.07) is 0.808. The predicted molar refractivity (Wildman–Crippen MR) is 88.4 cm³/mol. The molecule has 132 valence electrons. The van der Waals surface area contributed by atoms with Crippen LogP contribution in [0.15, 0.2) is 0 Å². The number of hydrogen-bond acceptors (Lipinski definition) is 4. The summed E-state index contributed by atoms with van der Waals surface area (Å²) in [5.74, 6) is 0. The lowest BCUT2D eigenvalue weighted by atomic mass is 9.79. The van der Waals surface area contributed by atoms with Crippen molar-refractivity contribution < 1.29 is 14.6 Å². The molecular weight excluding hydrogens is 294 g/mol. The lowest BCUT2D eigenvalue weighted by Crippen LogP contribution is -2.54. The van der Waals surface area contributed by atoms with Gasteiger partial charge >= 0.3 is 6.03 Å². The van der Waals surface area contributed by atoms with E-state index in [1.54, 1.807) is 7.11 Å². The van der Waals surface area contributed by atoms with Crippen molar-refractivity contribution in [1.29, 1.82) is 0 Å². The van der Waals surface area contributed by atoms with Gasteiger partial charge in [0.1, 0.15) is 0 Å². The molecular formula is C17H31N3O3. The number of β-amino-alcohol motifs (C(OH)–C–C–N with tert-alkyl or cyclic N) is 1. The summed E-state index contributed by atoms with van der Waals surface area (Å²) in [5.41, 5.74) is 0.162. The van der Waals surface area contributed by atoms with Crippen molar-refractivity contribution >= 4 is 6.03 Å². The van der Waals surface area contributed by atoms with Crippen LogP contribution in [0, 0.1) is 5.41 Å². The molecule has 0 aromatic carbocycles. The van der Waals surface area contributed by atoms with Crippen LogP contribution in [0.1, 0.15) is 38.5 Å². The van der Waals surface area contributed by atoms with E-state index in [0.29, 0.717) is 12.6 Å². The highest BCUT2D eigenvalue weighted by molar-refractivity contribution is 5.74. The van der Waals surface area contributed by atoms with Gasteiger partial charge in [0.25, 0.3) is 0 Å². The number of rotatable bonds is 5. The molecule has 2 amide bonds. The lowest BCUT2D eigenvalue weighted by Gasteiger charge is -2.43. The van der Waals surface area contributed by atoms with E-state index in [1.807, 2.05) is 9.80 Å². The van der Waals surface area contributed by atoms with E-state index in [4.69, 9.17) is 4.74 Å². The molecule has 0 spiro atoms. The molecule has 0 aromatic rings. The van der Waals surface area contributed by atoms with Crippen molar-refractivity contribution in [3.05, 3.63) is 0 Å². The zero-order valence-corrected chi connectivity index (χ0v) is 14.3. The number of nitrogens with zero attached hydrogens (tertiary/aromatic N) is 2. The Labute approximate surface area is 139 Å². The third-order valence-electron chi connectivity index (χ3n) is 5.56. The molecule has 2 saturated heterocycles. The molecule has 2 heterocycles. The molecule has 3 aliphatic rings. The predicted octanol–water partition coefficient (Wildman–Crippen LogP) is 1.04. The first-order valence-electron chi connectivity index (χ1n) is 9.06. The number of piperidine rings is 2. The number of methoxy groups -OCH3 is 1. The van der Waals surface area contributed by atoms with Crippen molar-refractivity contribution in [2.75, 3.05) is 46.4 Å². The van der Waals surface area contributed by atoms with Gasteiger partial charge in [-0.25, -0.2) is 4.79 Å². The summed E-state index contributed by atoms with van der Waals surface area (Å²) >= 11 is 0. The van der Waals surface area contributed by atoms with E-state index in [2.05, 4.69) is 5.32 Å². The van der Waals surface area contributed by atoms with Gasteiger partial charge in [-0.1, -0.05) is 0 Å². The molecule has 6 heteroatoms. The average molecular weight is 325 g/mol. The first-order valence-corrected chi connectivity index (χ1v) is 9.06. The third-order valence-corrected chi connectivity index (χ3v) is 5.56. The SMILES string of the molecule is COCC1(CNC2CC2)CCN(C(=O)N2CCCC(O)C2)CC1. The molecule has 0 bridgehead atoms. The van der Waals surface area contributed by atoms with E-state index < -0.39 is 0 Å². The molecule has 1 unspecified atom stereocenters. The number of aliphatic hydroxyl groups excluding tert-OH is 1. The summed E-state index contributed by atoms with van der Waals surface area (Å²) in [4.78, 5) is 16.4. The van der Waals surface area contributed by atoms with Gasteiger partial charge in [-0.05, 0) is 38.5 Å². The molecule has 23 heavy (non-hydrogen) atoms. The minimum atomic E-state index is -0.354. The maximum absolute atomic E-state index is 12.6. The Kier molecular flexibility index (Phi) is 5.44. The number of nitrogens with one attached hydrogen (secondary N) is 1. The zero-order chi connectivity index (χ0) is 16.3. The van der Waals surface area contributed by atoms with Gasteiger partial charge in [-0.3, -0.25) is 0 Å². The first kappa shape index (κ1) is 17.0. The molecule has 1 saturated carbocycles. The Bertz CT molecular complexity index is 406. The minimum absolute atomic E-state index is 0.102. The second-order valence-electron chi connectivity index (χ2n) is 7.60. The van der Waals surface area contributed by atoms with Gasteiger partial charge in [0.2, 0.25) is 0 Å². The Morgan fingerprint density at radius 3 is 2.57 bits per heavy atom. The quantitative estimate of drug-likeness (QED) is 0.793. The van der Waals surface area contributed by atoms with E-state index in [0.717, 1.165) is 58.5 Å². The minimum Gasteiger partial charge on any atom is -0.391 e. The van der Waals surface area contributed by atoms with Crippen LogP contribution in [0.3, 0.4) is 0 Å². The van der Waals surface area contributed by atoms with Crippen molar-refractivity contribution in [3.63, 3.8) is 0 Å². The Hall–Kier alpha value is -0.850. The fourth-order valence-electron chi connectivity index (χ4n) is 3.83. The fourth-order valence-corrected chi connectivity index (χ4v) is 3.83. The molecule has 1 atom stereocenters. The normalized spacial score (nSPS) is 28.0. The van der Waals surface area contributed by atoms with Crippen molar-refractivity contribution in [3.8, 4) is 0 Å². The van der Waals surface area contributed by atoms with Gasteiger partial charge in [-0.2, -0.15) is 0 Å². The molecule has 3 fully saturated rings. The Balaban J connectivity index is 1.51. The van der Waals surface area contributed by atoms with Gasteiger partial charge < -0.3 is 25.0 Å². The highest BCUT2D eigenvalue weighted by atomic mass is 16.5. The lowest BCUT2D eigenvalue weighted by molar-refractivity contribution is 0.0197. The first-order chi connectivity index (χ1) is 11.1. The highest BCUT2D eigenvalue weighted by Gasteiger charge is 2.38. The molecule has 3 rings (SSSR count). The van der Waals surface area contributed by atoms with Crippen LogP contribution in [0.5, 0.6) is 0 Å². The second-order valence-corrected chi connectivity index (χ2v) is 7.60. The standard InChI is InChI=1S/C17H31N3O3/c1-23-13-17(12-18-14-4-5-14)6-9-19(10-7-17)16(22)20-8-2-3-15(21)11-20/h14-15,18,21H,2-13H2,1H3. The molecule has 1 aliphatic carbocycles. The molecule has 6 nitrogen and oxygen atoms in total. The van der Waals surface area contributed by atoms with Crippen molar-refractivity contribution in [1.82, 2.24) is 15.1 Å². The Morgan fingerprint density at radius 2 is 1.96 bits per heavy atom. The van der Waals surface area contributed by atoms with E-state index >= 15 is 0 Å². The Morgan fingerprint density at radius 1 is 1.22 bits per heavy atom. The van der Waals surface area contributed by atoms with Crippen molar-refractivity contribution in [2.45, 2.75) is 50.7 Å². The topological polar surface area (TPSA) is 65.0 Å². The monoisotopic (exact) mass is 325 g/mol. The number of carbonyl (C=O) groups is 1. The largest absolute Gasteiger partial charge is 0.391 e. The van der Waals surface area contributed by atoms with Crippen LogP contribution in [-0.2, 0) is 4.74 Å². The van der Waals surface area contributed by atoms with Crippen LogP contribution in [0.2, 0.25) is 0 Å². The zero-order valence-electron chi connectivity index (χ0n) is 14.3. The summed E-state index contributed by atoms with van der Waals surface area (Å²) in [5, 5.41) is 13.4. The molecule has 0 radical (unpaired) electrons. The van der Waals surface area contributed by atoms with E-state index in [1.165, 1.54) is 12.8 Å². The van der Waals surface area contributed by atoms with Gasteiger partial charge in [-0.15, -0.1) is 0 Å². The average Bonchev–Trinajstić information content (AvgIpc) is 3.38. The second kappa shape index (κ2) is 7.36. The summed E-state index contributed by atoms with van der Waals surface area (Å²) < 4.78 is 5.48. The van der Waals surface area contributed by atoms with Crippen molar-refractivity contribution in [2.24, 2.45) is 5.41 Å². The van der Waals surface area contributed by atoms with Gasteiger partial charge in [0.15, 0.2) is 0 Å². The van der Waals surface area contributed by atoms with Crippen LogP contribution in [0.4, 0.5) is 4.79 Å². The molecule has 2 aliphatic heterocycles. The van der Waals surface area contributed by atoms with E-state index in [-0.39, 0.29) is 17.6 Å². The molecule has 0 aromatic heterocycles. The van der Waals surface area contributed by atoms with Gasteiger partial charge in [0, 0.05) is 51.3 Å².